The quantitative estimate of drug-likeness (QED) is 0.844. The third kappa shape index (κ3) is 3.86. The van der Waals surface area contributed by atoms with Gasteiger partial charge in [-0.3, -0.25) is 4.98 Å². The van der Waals surface area contributed by atoms with Gasteiger partial charge in [-0.1, -0.05) is 18.2 Å². The van der Waals surface area contributed by atoms with E-state index in [0.717, 1.165) is 18.6 Å². The van der Waals surface area contributed by atoms with Crippen LogP contribution in [-0.4, -0.2) is 18.1 Å². The molecule has 0 aliphatic rings. The van der Waals surface area contributed by atoms with Gasteiger partial charge in [0.1, 0.15) is 12.4 Å². The molecule has 3 heteroatoms. The predicted molar refractivity (Wildman–Crippen MR) is 72.6 cm³/mol. The van der Waals surface area contributed by atoms with E-state index in [1.165, 1.54) is 11.1 Å². The van der Waals surface area contributed by atoms with Crippen molar-refractivity contribution in [3.05, 3.63) is 59.9 Å². The zero-order valence-corrected chi connectivity index (χ0v) is 10.4. The molecule has 0 radical (unpaired) electrons. The van der Waals surface area contributed by atoms with Crippen molar-refractivity contribution in [3.8, 4) is 5.75 Å². The summed E-state index contributed by atoms with van der Waals surface area (Å²) < 4.78 is 5.51. The van der Waals surface area contributed by atoms with E-state index < -0.39 is 0 Å². The summed E-state index contributed by atoms with van der Waals surface area (Å²) >= 11 is 0. The summed E-state index contributed by atoms with van der Waals surface area (Å²) in [5.41, 5.74) is 7.94. The van der Waals surface area contributed by atoms with Crippen molar-refractivity contribution in [1.82, 2.24) is 4.98 Å². The molecule has 0 spiro atoms. The molecule has 0 atom stereocenters. The van der Waals surface area contributed by atoms with E-state index in [-0.39, 0.29) is 0 Å². The molecule has 0 aliphatic heterocycles. The lowest BCUT2D eigenvalue weighted by Gasteiger charge is -2.07. The number of pyridine rings is 1. The third-order valence-electron chi connectivity index (χ3n) is 2.71. The highest BCUT2D eigenvalue weighted by molar-refractivity contribution is 5.29. The molecule has 2 aromatic rings. The molecular weight excluding hydrogens is 224 g/mol. The van der Waals surface area contributed by atoms with Gasteiger partial charge in [-0.15, -0.1) is 0 Å². The molecule has 2 rings (SSSR count). The third-order valence-corrected chi connectivity index (χ3v) is 2.71. The van der Waals surface area contributed by atoms with Crippen molar-refractivity contribution in [3.63, 3.8) is 0 Å². The van der Waals surface area contributed by atoms with Crippen molar-refractivity contribution in [2.75, 3.05) is 13.2 Å². The minimum absolute atomic E-state index is 0.542. The molecule has 3 nitrogen and oxygen atoms in total. The van der Waals surface area contributed by atoms with Crippen LogP contribution >= 0.6 is 0 Å². The van der Waals surface area contributed by atoms with Crippen LogP contribution < -0.4 is 10.5 Å². The molecule has 1 aromatic heterocycles. The molecule has 94 valence electrons. The Morgan fingerprint density at radius 2 is 1.89 bits per heavy atom. The number of nitrogens with zero attached hydrogens (tertiary/aromatic N) is 1. The molecule has 1 aromatic carbocycles. The lowest BCUT2D eigenvalue weighted by atomic mass is 10.1. The average Bonchev–Trinajstić information content (AvgIpc) is 2.44. The van der Waals surface area contributed by atoms with Gasteiger partial charge in [0.15, 0.2) is 0 Å². The summed E-state index contributed by atoms with van der Waals surface area (Å²) in [4.78, 5) is 4.12. The van der Waals surface area contributed by atoms with Crippen LogP contribution in [0.25, 0.3) is 0 Å². The summed E-state index contributed by atoms with van der Waals surface area (Å²) in [7, 11) is 0. The monoisotopic (exact) mass is 242 g/mol. The fourth-order valence-electron chi connectivity index (χ4n) is 1.80. The van der Waals surface area contributed by atoms with Crippen LogP contribution in [0.1, 0.15) is 11.1 Å². The molecule has 1 heterocycles. The lowest BCUT2D eigenvalue weighted by molar-refractivity contribution is 0.328. The summed E-state index contributed by atoms with van der Waals surface area (Å²) in [6.07, 6.45) is 5.69. The number of hydrogen-bond donors (Lipinski definition) is 1. The summed E-state index contributed by atoms with van der Waals surface area (Å²) in [6.45, 7) is 1.10. The van der Waals surface area contributed by atoms with E-state index in [2.05, 4.69) is 23.2 Å². The Labute approximate surface area is 108 Å². The maximum absolute atomic E-state index is 5.51. The molecule has 2 N–H and O–H groups in total. The molecule has 0 bridgehead atoms. The predicted octanol–water partition coefficient (Wildman–Crippen LogP) is 2.20. The Balaban J connectivity index is 1.93. The van der Waals surface area contributed by atoms with Crippen LogP contribution in [-0.2, 0) is 12.8 Å². The second kappa shape index (κ2) is 6.77. The molecular formula is C15H18N2O. The Morgan fingerprint density at radius 3 is 2.67 bits per heavy atom. The number of rotatable bonds is 6. The minimum Gasteiger partial charge on any atom is -0.492 e. The normalized spacial score (nSPS) is 10.3. The largest absolute Gasteiger partial charge is 0.492 e. The topological polar surface area (TPSA) is 48.1 Å². The average molecular weight is 242 g/mol. The lowest BCUT2D eigenvalue weighted by Crippen LogP contribution is -2.10. The number of aromatic nitrogens is 1. The van der Waals surface area contributed by atoms with Crippen LogP contribution in [0.4, 0.5) is 0 Å². The molecule has 0 saturated carbocycles. The highest BCUT2D eigenvalue weighted by atomic mass is 16.5. The summed E-state index contributed by atoms with van der Waals surface area (Å²) in [5.74, 6) is 0.893. The second-order valence-corrected chi connectivity index (χ2v) is 4.15. The number of aryl methyl sites for hydroxylation is 2. The second-order valence-electron chi connectivity index (χ2n) is 4.15. The van der Waals surface area contributed by atoms with E-state index in [9.17, 15) is 0 Å². The first-order chi connectivity index (χ1) is 8.88. The maximum Gasteiger partial charge on any atom is 0.119 e. The van der Waals surface area contributed by atoms with Crippen molar-refractivity contribution < 1.29 is 4.74 Å². The fraction of sp³-hybridized carbons (Fsp3) is 0.267. The molecule has 0 saturated heterocycles. The molecule has 0 unspecified atom stereocenters. The van der Waals surface area contributed by atoms with E-state index in [0.29, 0.717) is 13.2 Å². The van der Waals surface area contributed by atoms with Gasteiger partial charge in [0.05, 0.1) is 0 Å². The van der Waals surface area contributed by atoms with Crippen LogP contribution in [0, 0.1) is 0 Å². The molecule has 0 amide bonds. The van der Waals surface area contributed by atoms with Crippen LogP contribution in [0.3, 0.4) is 0 Å². The van der Waals surface area contributed by atoms with Gasteiger partial charge in [0.2, 0.25) is 0 Å². The first-order valence-electron chi connectivity index (χ1n) is 6.19. The van der Waals surface area contributed by atoms with Crippen LogP contribution in [0.15, 0.2) is 48.8 Å². The standard InChI is InChI=1S/C15H18N2O/c16-8-10-18-15-5-1-3-13(11-15)6-7-14-4-2-9-17-12-14/h1-5,9,11-12H,6-8,10,16H2. The number of ether oxygens (including phenoxy) is 1. The van der Waals surface area contributed by atoms with Crippen molar-refractivity contribution in [2.24, 2.45) is 5.73 Å². The van der Waals surface area contributed by atoms with E-state index in [1.54, 1.807) is 6.20 Å². The molecule has 0 fully saturated rings. The SMILES string of the molecule is NCCOc1cccc(CCc2cccnc2)c1. The van der Waals surface area contributed by atoms with E-state index >= 15 is 0 Å². The van der Waals surface area contributed by atoms with Crippen LogP contribution in [0.2, 0.25) is 0 Å². The van der Waals surface area contributed by atoms with E-state index in [4.69, 9.17) is 10.5 Å². The Hall–Kier alpha value is -1.87. The number of nitrogens with two attached hydrogens (primary N) is 1. The van der Waals surface area contributed by atoms with Crippen LogP contribution in [0.5, 0.6) is 5.75 Å². The zero-order valence-electron chi connectivity index (χ0n) is 10.4. The first-order valence-corrected chi connectivity index (χ1v) is 6.19. The van der Waals surface area contributed by atoms with Gasteiger partial charge >= 0.3 is 0 Å². The molecule has 18 heavy (non-hydrogen) atoms. The molecule has 0 aliphatic carbocycles. The fourth-order valence-corrected chi connectivity index (χ4v) is 1.80. The Kier molecular flexibility index (Phi) is 4.73. The van der Waals surface area contributed by atoms with Gasteiger partial charge < -0.3 is 10.5 Å². The number of benzene rings is 1. The maximum atomic E-state index is 5.51. The van der Waals surface area contributed by atoms with Crippen molar-refractivity contribution >= 4 is 0 Å². The number of hydrogen-bond acceptors (Lipinski definition) is 3. The Morgan fingerprint density at radius 1 is 1.06 bits per heavy atom. The van der Waals surface area contributed by atoms with E-state index in [1.807, 2.05) is 24.4 Å². The van der Waals surface area contributed by atoms with Gasteiger partial charge in [-0.05, 0) is 42.2 Å². The summed E-state index contributed by atoms with van der Waals surface area (Å²) in [6, 6.07) is 12.2. The van der Waals surface area contributed by atoms with Gasteiger partial charge in [0.25, 0.3) is 0 Å². The smallest absolute Gasteiger partial charge is 0.119 e. The first kappa shape index (κ1) is 12.6. The van der Waals surface area contributed by atoms with Gasteiger partial charge in [-0.2, -0.15) is 0 Å². The summed E-state index contributed by atoms with van der Waals surface area (Å²) in [5, 5.41) is 0. The zero-order chi connectivity index (χ0) is 12.6. The van der Waals surface area contributed by atoms with Gasteiger partial charge in [-0.25, -0.2) is 0 Å². The Bertz CT molecular complexity index is 471. The van der Waals surface area contributed by atoms with Crippen molar-refractivity contribution in [1.29, 1.82) is 0 Å². The van der Waals surface area contributed by atoms with Crippen molar-refractivity contribution in [2.45, 2.75) is 12.8 Å². The minimum atomic E-state index is 0.542. The highest BCUT2D eigenvalue weighted by Gasteiger charge is 1.98. The highest BCUT2D eigenvalue weighted by Crippen LogP contribution is 2.15. The van der Waals surface area contributed by atoms with Gasteiger partial charge in [0, 0.05) is 18.9 Å².